The van der Waals surface area contributed by atoms with Gasteiger partial charge in [0.05, 0.1) is 18.5 Å². The van der Waals surface area contributed by atoms with E-state index in [2.05, 4.69) is 4.98 Å². The van der Waals surface area contributed by atoms with Gasteiger partial charge in [0.2, 0.25) is 5.91 Å². The van der Waals surface area contributed by atoms with Crippen molar-refractivity contribution >= 4 is 33.3 Å². The zero-order valence-corrected chi connectivity index (χ0v) is 14.4. The van der Waals surface area contributed by atoms with Gasteiger partial charge in [-0.25, -0.2) is 9.97 Å². The highest BCUT2D eigenvalue weighted by Crippen LogP contribution is 2.37. The summed E-state index contributed by atoms with van der Waals surface area (Å²) in [5.41, 5.74) is 12.9. The van der Waals surface area contributed by atoms with Crippen molar-refractivity contribution in [1.29, 1.82) is 0 Å². The standard InChI is InChI=1S/C16H23N5OS/c1-9(2)21(7-12(17)22)8-13-19-15(18)14-10-5-3-4-6-11(10)23-16(14)20-13/h9H,3-8H2,1-2H3,(H2,17,22)(H2,18,19,20). The predicted octanol–water partition coefficient (Wildman–Crippen LogP) is 1.85. The fourth-order valence-electron chi connectivity index (χ4n) is 3.11. The minimum atomic E-state index is -0.348. The second kappa shape index (κ2) is 6.41. The molecular weight excluding hydrogens is 310 g/mol. The lowest BCUT2D eigenvalue weighted by Crippen LogP contribution is -2.38. The zero-order chi connectivity index (χ0) is 16.6. The number of nitrogens with two attached hydrogens (primary N) is 2. The first-order valence-electron chi connectivity index (χ1n) is 8.04. The molecule has 6 nitrogen and oxygen atoms in total. The van der Waals surface area contributed by atoms with Gasteiger partial charge in [-0.05, 0) is 45.1 Å². The van der Waals surface area contributed by atoms with Gasteiger partial charge in [0.1, 0.15) is 16.5 Å². The van der Waals surface area contributed by atoms with Gasteiger partial charge in [-0.1, -0.05) is 0 Å². The Morgan fingerprint density at radius 3 is 2.74 bits per heavy atom. The number of carbonyl (C=O) groups excluding carboxylic acids is 1. The topological polar surface area (TPSA) is 98.1 Å². The van der Waals surface area contributed by atoms with Gasteiger partial charge in [0.25, 0.3) is 0 Å². The molecule has 7 heteroatoms. The van der Waals surface area contributed by atoms with Crippen molar-refractivity contribution in [3.8, 4) is 0 Å². The quantitative estimate of drug-likeness (QED) is 0.870. The molecule has 2 aromatic heterocycles. The minimum Gasteiger partial charge on any atom is -0.383 e. The molecule has 0 bridgehead atoms. The van der Waals surface area contributed by atoms with Crippen molar-refractivity contribution in [3.63, 3.8) is 0 Å². The molecule has 3 rings (SSSR count). The minimum absolute atomic E-state index is 0.180. The number of aryl methyl sites for hydroxylation is 2. The van der Waals surface area contributed by atoms with Crippen LogP contribution >= 0.6 is 11.3 Å². The van der Waals surface area contributed by atoms with Gasteiger partial charge >= 0.3 is 0 Å². The van der Waals surface area contributed by atoms with Crippen molar-refractivity contribution in [3.05, 3.63) is 16.3 Å². The number of primary amides is 1. The summed E-state index contributed by atoms with van der Waals surface area (Å²) in [6, 6.07) is 0.180. The van der Waals surface area contributed by atoms with Gasteiger partial charge in [-0.2, -0.15) is 0 Å². The van der Waals surface area contributed by atoms with Crippen molar-refractivity contribution in [2.75, 3.05) is 12.3 Å². The zero-order valence-electron chi connectivity index (χ0n) is 13.6. The number of fused-ring (bicyclic) bond motifs is 3. The highest BCUT2D eigenvalue weighted by atomic mass is 32.1. The maximum Gasteiger partial charge on any atom is 0.231 e. The van der Waals surface area contributed by atoms with E-state index in [9.17, 15) is 4.79 Å². The highest BCUT2D eigenvalue weighted by molar-refractivity contribution is 7.19. The summed E-state index contributed by atoms with van der Waals surface area (Å²) < 4.78 is 0. The van der Waals surface area contributed by atoms with E-state index >= 15 is 0 Å². The van der Waals surface area contributed by atoms with Crippen LogP contribution < -0.4 is 11.5 Å². The van der Waals surface area contributed by atoms with Crippen LogP contribution in [0.15, 0.2) is 0 Å². The molecule has 0 unspecified atom stereocenters. The Morgan fingerprint density at radius 2 is 2.04 bits per heavy atom. The fraction of sp³-hybridized carbons (Fsp3) is 0.562. The summed E-state index contributed by atoms with van der Waals surface area (Å²) in [5.74, 6) is 0.870. The Morgan fingerprint density at radius 1 is 1.30 bits per heavy atom. The van der Waals surface area contributed by atoms with Crippen LogP contribution in [0, 0.1) is 0 Å². The number of hydrogen-bond acceptors (Lipinski definition) is 6. The smallest absolute Gasteiger partial charge is 0.231 e. The molecule has 0 radical (unpaired) electrons. The van der Waals surface area contributed by atoms with Crippen LogP contribution in [0.4, 0.5) is 5.82 Å². The van der Waals surface area contributed by atoms with Crippen molar-refractivity contribution in [2.45, 2.75) is 52.1 Å². The van der Waals surface area contributed by atoms with E-state index in [1.807, 2.05) is 18.7 Å². The fourth-order valence-corrected chi connectivity index (χ4v) is 4.39. The Bertz CT molecular complexity index is 740. The second-order valence-electron chi connectivity index (χ2n) is 6.38. The number of carbonyl (C=O) groups is 1. The van der Waals surface area contributed by atoms with Crippen LogP contribution in [0.2, 0.25) is 0 Å². The SMILES string of the molecule is CC(C)N(CC(N)=O)Cc1nc(N)c2c3c(sc2n1)CCCC3. The van der Waals surface area contributed by atoms with E-state index in [1.54, 1.807) is 11.3 Å². The molecule has 0 saturated heterocycles. The van der Waals surface area contributed by atoms with Crippen molar-refractivity contribution in [1.82, 2.24) is 14.9 Å². The molecule has 124 valence electrons. The van der Waals surface area contributed by atoms with E-state index < -0.39 is 0 Å². The summed E-state index contributed by atoms with van der Waals surface area (Å²) >= 11 is 1.74. The average Bonchev–Trinajstić information content (AvgIpc) is 2.84. The van der Waals surface area contributed by atoms with Gasteiger partial charge in [0, 0.05) is 10.9 Å². The molecule has 4 N–H and O–H groups in total. The molecule has 0 aliphatic heterocycles. The Kier molecular flexibility index (Phi) is 4.50. The number of nitrogen functional groups attached to an aromatic ring is 1. The summed E-state index contributed by atoms with van der Waals surface area (Å²) in [5, 5.41) is 1.04. The third-order valence-corrected chi connectivity index (χ3v) is 5.51. The van der Waals surface area contributed by atoms with Gasteiger partial charge in [0.15, 0.2) is 0 Å². The Hall–Kier alpha value is -1.73. The molecule has 1 amide bonds. The third-order valence-electron chi connectivity index (χ3n) is 4.32. The predicted molar refractivity (Wildman–Crippen MR) is 93.2 cm³/mol. The molecule has 0 saturated carbocycles. The second-order valence-corrected chi connectivity index (χ2v) is 7.46. The lowest BCUT2D eigenvalue weighted by molar-refractivity contribution is -0.119. The maximum atomic E-state index is 11.2. The first-order chi connectivity index (χ1) is 11.0. The van der Waals surface area contributed by atoms with Crippen LogP contribution in [0.25, 0.3) is 10.2 Å². The summed E-state index contributed by atoms with van der Waals surface area (Å²) in [6.07, 6.45) is 4.63. The molecule has 2 aromatic rings. The largest absolute Gasteiger partial charge is 0.383 e. The molecule has 0 atom stereocenters. The maximum absolute atomic E-state index is 11.2. The monoisotopic (exact) mass is 333 g/mol. The van der Waals surface area contributed by atoms with Crippen LogP contribution in [0.5, 0.6) is 0 Å². The van der Waals surface area contributed by atoms with Crippen molar-refractivity contribution < 1.29 is 4.79 Å². The van der Waals surface area contributed by atoms with E-state index in [0.29, 0.717) is 18.2 Å². The first kappa shape index (κ1) is 16.1. The molecule has 2 heterocycles. The van der Waals surface area contributed by atoms with E-state index in [4.69, 9.17) is 16.5 Å². The Balaban J connectivity index is 1.94. The van der Waals surface area contributed by atoms with E-state index in [1.165, 1.54) is 23.3 Å². The van der Waals surface area contributed by atoms with Crippen LogP contribution in [-0.2, 0) is 24.2 Å². The number of hydrogen-bond donors (Lipinski definition) is 2. The molecule has 0 spiro atoms. The normalized spacial score (nSPS) is 14.6. The summed E-state index contributed by atoms with van der Waals surface area (Å²) in [6.45, 7) is 4.71. The lowest BCUT2D eigenvalue weighted by Gasteiger charge is -2.24. The number of thiophene rings is 1. The van der Waals surface area contributed by atoms with E-state index in [-0.39, 0.29) is 18.5 Å². The van der Waals surface area contributed by atoms with Gasteiger partial charge in [-0.3, -0.25) is 9.69 Å². The summed E-state index contributed by atoms with van der Waals surface area (Å²) in [7, 11) is 0. The average molecular weight is 333 g/mol. The summed E-state index contributed by atoms with van der Waals surface area (Å²) in [4.78, 5) is 24.8. The van der Waals surface area contributed by atoms with Crippen molar-refractivity contribution in [2.24, 2.45) is 5.73 Å². The molecule has 1 aliphatic rings. The van der Waals surface area contributed by atoms with E-state index in [0.717, 1.165) is 23.1 Å². The molecule has 0 aromatic carbocycles. The molecular formula is C16H23N5OS. The van der Waals surface area contributed by atoms with Crippen LogP contribution in [0.1, 0.15) is 43.0 Å². The number of nitrogens with zero attached hydrogens (tertiary/aromatic N) is 3. The Labute approximate surface area is 139 Å². The van der Waals surface area contributed by atoms with Crippen LogP contribution in [0.3, 0.4) is 0 Å². The number of aromatic nitrogens is 2. The number of rotatable bonds is 5. The molecule has 0 fully saturated rings. The third kappa shape index (κ3) is 3.30. The molecule has 1 aliphatic carbocycles. The lowest BCUT2D eigenvalue weighted by atomic mass is 9.97. The highest BCUT2D eigenvalue weighted by Gasteiger charge is 2.21. The van der Waals surface area contributed by atoms with Crippen LogP contribution in [-0.4, -0.2) is 33.4 Å². The number of anilines is 1. The number of amides is 1. The van der Waals surface area contributed by atoms with Gasteiger partial charge < -0.3 is 11.5 Å². The van der Waals surface area contributed by atoms with Gasteiger partial charge in [-0.15, -0.1) is 11.3 Å². The molecule has 23 heavy (non-hydrogen) atoms. The first-order valence-corrected chi connectivity index (χ1v) is 8.86.